The lowest BCUT2D eigenvalue weighted by Crippen LogP contribution is -2.50. The van der Waals surface area contributed by atoms with Gasteiger partial charge in [0.15, 0.2) is 0 Å². The van der Waals surface area contributed by atoms with Gasteiger partial charge in [-0.1, -0.05) is 91.0 Å². The van der Waals surface area contributed by atoms with Crippen LogP contribution in [0, 0.1) is 5.41 Å². The minimum absolute atomic E-state index is 0.0560. The second kappa shape index (κ2) is 12.9. The Balaban J connectivity index is 1.70. The SMILES string of the molecule is N=CC(=O)N(Cc1ccccc1)C[C@@H](O)[C@H](Cc1ccccc1)NC(=O)OCc1ccccc1. The molecule has 7 nitrogen and oxygen atoms in total. The third kappa shape index (κ3) is 7.86. The molecule has 0 aromatic heterocycles. The van der Waals surface area contributed by atoms with E-state index in [0.29, 0.717) is 6.42 Å². The van der Waals surface area contributed by atoms with Gasteiger partial charge in [-0.2, -0.15) is 0 Å². The zero-order chi connectivity index (χ0) is 24.2. The molecule has 0 spiro atoms. The van der Waals surface area contributed by atoms with E-state index < -0.39 is 24.1 Å². The topological polar surface area (TPSA) is 103 Å². The molecule has 3 aromatic rings. The number of aliphatic hydroxyl groups excluding tert-OH is 1. The maximum absolute atomic E-state index is 12.5. The molecule has 0 aliphatic rings. The lowest BCUT2D eigenvalue weighted by Gasteiger charge is -2.29. The van der Waals surface area contributed by atoms with Gasteiger partial charge in [-0.3, -0.25) is 4.79 Å². The summed E-state index contributed by atoms with van der Waals surface area (Å²) in [6.07, 6.45) is -0.669. The van der Waals surface area contributed by atoms with Gasteiger partial charge >= 0.3 is 6.09 Å². The number of hydrogen-bond acceptors (Lipinski definition) is 5. The summed E-state index contributed by atoms with van der Waals surface area (Å²) in [5.41, 5.74) is 2.64. The average Bonchev–Trinajstić information content (AvgIpc) is 2.88. The quantitative estimate of drug-likeness (QED) is 0.382. The van der Waals surface area contributed by atoms with Crippen LogP contribution in [0.2, 0.25) is 0 Å². The van der Waals surface area contributed by atoms with Crippen molar-refractivity contribution in [3.8, 4) is 0 Å². The number of benzene rings is 3. The normalized spacial score (nSPS) is 12.3. The van der Waals surface area contributed by atoms with Crippen LogP contribution in [0.1, 0.15) is 16.7 Å². The third-order valence-electron chi connectivity index (χ3n) is 5.34. The van der Waals surface area contributed by atoms with Crippen LogP contribution >= 0.6 is 0 Å². The van der Waals surface area contributed by atoms with E-state index in [-0.39, 0.29) is 19.7 Å². The Morgan fingerprint density at radius 1 is 0.882 bits per heavy atom. The first-order chi connectivity index (χ1) is 16.5. The summed E-state index contributed by atoms with van der Waals surface area (Å²) in [5, 5.41) is 21.2. The number of carbonyl (C=O) groups is 2. The highest BCUT2D eigenvalue weighted by molar-refractivity contribution is 6.24. The van der Waals surface area contributed by atoms with Crippen molar-refractivity contribution in [3.05, 3.63) is 108 Å². The van der Waals surface area contributed by atoms with Gasteiger partial charge in [-0.25, -0.2) is 4.79 Å². The van der Waals surface area contributed by atoms with Gasteiger partial charge < -0.3 is 25.5 Å². The average molecular weight is 460 g/mol. The molecule has 0 saturated carbocycles. The van der Waals surface area contributed by atoms with Crippen LogP contribution in [-0.4, -0.2) is 46.9 Å². The molecule has 0 bridgehead atoms. The highest BCUT2D eigenvalue weighted by Gasteiger charge is 2.26. The molecular formula is C27H29N3O4. The number of ether oxygens (including phenoxy) is 1. The molecule has 3 N–H and O–H groups in total. The zero-order valence-corrected chi connectivity index (χ0v) is 18.8. The number of aliphatic hydroxyl groups is 1. The van der Waals surface area contributed by atoms with Gasteiger partial charge in [0.25, 0.3) is 5.91 Å². The Hall–Kier alpha value is -3.97. The maximum atomic E-state index is 12.5. The number of nitrogens with one attached hydrogen (secondary N) is 2. The first-order valence-corrected chi connectivity index (χ1v) is 11.1. The van der Waals surface area contributed by atoms with Crippen LogP contribution in [0.4, 0.5) is 4.79 Å². The fourth-order valence-corrected chi connectivity index (χ4v) is 3.55. The molecule has 2 amide bonds. The van der Waals surface area contributed by atoms with E-state index in [1.54, 1.807) is 0 Å². The van der Waals surface area contributed by atoms with Crippen molar-refractivity contribution in [2.45, 2.75) is 31.7 Å². The minimum Gasteiger partial charge on any atom is -0.445 e. The molecule has 176 valence electrons. The fraction of sp³-hybridized carbons (Fsp3) is 0.222. The van der Waals surface area contributed by atoms with Gasteiger partial charge in [0.1, 0.15) is 6.61 Å². The zero-order valence-electron chi connectivity index (χ0n) is 18.8. The Morgan fingerprint density at radius 3 is 1.97 bits per heavy atom. The van der Waals surface area contributed by atoms with E-state index in [0.717, 1.165) is 22.9 Å². The van der Waals surface area contributed by atoms with Crippen molar-refractivity contribution in [2.24, 2.45) is 0 Å². The van der Waals surface area contributed by atoms with Crippen LogP contribution in [0.5, 0.6) is 0 Å². The molecule has 0 heterocycles. The molecule has 3 aromatic carbocycles. The Kier molecular flexibility index (Phi) is 9.37. The first-order valence-electron chi connectivity index (χ1n) is 11.1. The van der Waals surface area contributed by atoms with Gasteiger partial charge in [-0.15, -0.1) is 0 Å². The fourth-order valence-electron chi connectivity index (χ4n) is 3.55. The molecule has 0 radical (unpaired) electrons. The monoisotopic (exact) mass is 459 g/mol. The van der Waals surface area contributed by atoms with Gasteiger partial charge in [0, 0.05) is 13.1 Å². The summed E-state index contributed by atoms with van der Waals surface area (Å²) in [6, 6.07) is 27.4. The van der Waals surface area contributed by atoms with Crippen LogP contribution in [0.15, 0.2) is 91.0 Å². The van der Waals surface area contributed by atoms with E-state index in [1.807, 2.05) is 91.0 Å². The van der Waals surface area contributed by atoms with Crippen molar-refractivity contribution in [2.75, 3.05) is 6.54 Å². The molecule has 34 heavy (non-hydrogen) atoms. The summed E-state index contributed by atoms with van der Waals surface area (Å²) in [5.74, 6) is -0.520. The van der Waals surface area contributed by atoms with E-state index in [2.05, 4.69) is 5.32 Å². The number of amides is 2. The van der Waals surface area contributed by atoms with E-state index >= 15 is 0 Å². The highest BCUT2D eigenvalue weighted by Crippen LogP contribution is 2.11. The number of alkyl carbamates (subject to hydrolysis) is 1. The van der Waals surface area contributed by atoms with Crippen LogP contribution in [-0.2, 0) is 29.1 Å². The summed E-state index contributed by atoms with van der Waals surface area (Å²) >= 11 is 0. The minimum atomic E-state index is -1.09. The molecule has 0 saturated heterocycles. The van der Waals surface area contributed by atoms with Crippen LogP contribution in [0.3, 0.4) is 0 Å². The number of hydrogen-bond donors (Lipinski definition) is 3. The van der Waals surface area contributed by atoms with E-state index in [4.69, 9.17) is 10.1 Å². The van der Waals surface area contributed by atoms with Crippen LogP contribution < -0.4 is 5.32 Å². The summed E-state index contributed by atoms with van der Waals surface area (Å²) < 4.78 is 5.34. The number of nitrogens with zero attached hydrogens (tertiary/aromatic N) is 1. The molecule has 2 atom stereocenters. The lowest BCUT2D eigenvalue weighted by atomic mass is 10.0. The number of carbonyl (C=O) groups excluding carboxylic acids is 2. The smallest absolute Gasteiger partial charge is 0.407 e. The van der Waals surface area contributed by atoms with Crippen molar-refractivity contribution >= 4 is 18.2 Å². The van der Waals surface area contributed by atoms with Gasteiger partial charge in [0.05, 0.1) is 18.4 Å². The Bertz CT molecular complexity index is 1050. The molecular weight excluding hydrogens is 430 g/mol. The second-order valence-corrected chi connectivity index (χ2v) is 7.92. The molecule has 0 aliphatic heterocycles. The van der Waals surface area contributed by atoms with Gasteiger partial charge in [-0.05, 0) is 23.1 Å². The third-order valence-corrected chi connectivity index (χ3v) is 5.34. The van der Waals surface area contributed by atoms with Gasteiger partial charge in [0.2, 0.25) is 0 Å². The Morgan fingerprint density at radius 2 is 1.41 bits per heavy atom. The highest BCUT2D eigenvalue weighted by atomic mass is 16.5. The van der Waals surface area contributed by atoms with Crippen molar-refractivity contribution in [1.82, 2.24) is 10.2 Å². The molecule has 3 rings (SSSR count). The molecule has 7 heteroatoms. The number of rotatable bonds is 11. The summed E-state index contributed by atoms with van der Waals surface area (Å²) in [4.78, 5) is 26.3. The van der Waals surface area contributed by atoms with Crippen molar-refractivity contribution in [1.29, 1.82) is 5.41 Å². The van der Waals surface area contributed by atoms with Crippen molar-refractivity contribution in [3.63, 3.8) is 0 Å². The predicted molar refractivity (Wildman–Crippen MR) is 130 cm³/mol. The van der Waals surface area contributed by atoms with Crippen LogP contribution in [0.25, 0.3) is 0 Å². The summed E-state index contributed by atoms with van der Waals surface area (Å²) in [6.45, 7) is 0.287. The Labute approximate surface area is 199 Å². The van der Waals surface area contributed by atoms with Crippen molar-refractivity contribution < 1.29 is 19.4 Å². The second-order valence-electron chi connectivity index (χ2n) is 7.92. The summed E-state index contributed by atoms with van der Waals surface area (Å²) in [7, 11) is 0. The standard InChI is InChI=1S/C27H29N3O4/c28-17-26(32)30(18-22-12-6-2-7-13-22)19-25(31)24(16-21-10-4-1-5-11-21)29-27(33)34-20-23-14-8-3-9-15-23/h1-15,17,24-25,28,31H,16,18-20H2,(H,29,33)/t24-,25+/m0/s1. The lowest BCUT2D eigenvalue weighted by molar-refractivity contribution is -0.126. The molecule has 0 unspecified atom stereocenters. The van der Waals surface area contributed by atoms with E-state index in [9.17, 15) is 14.7 Å². The largest absolute Gasteiger partial charge is 0.445 e. The maximum Gasteiger partial charge on any atom is 0.407 e. The first kappa shape index (κ1) is 24.7. The van der Waals surface area contributed by atoms with E-state index in [1.165, 1.54) is 4.90 Å². The predicted octanol–water partition coefficient (Wildman–Crippen LogP) is 3.56. The molecule has 0 aliphatic carbocycles. The molecule has 0 fully saturated rings.